The number of hydrogen-bond donors (Lipinski definition) is 0. The molecule has 2 aromatic heterocycles. The largest absolute Gasteiger partial charge is 0.336 e. The smallest absolute Gasteiger partial charge is 0.0649 e. The minimum atomic E-state index is 0.868. The first-order valence-electron chi connectivity index (χ1n) is 10.2. The third kappa shape index (κ3) is 2.54. The highest BCUT2D eigenvalue weighted by molar-refractivity contribution is 5.93. The lowest BCUT2D eigenvalue weighted by Gasteiger charge is -2.18. The molecule has 0 atom stereocenters. The maximum Gasteiger partial charge on any atom is 0.0649 e. The van der Waals surface area contributed by atoms with Crippen molar-refractivity contribution in [1.29, 1.82) is 0 Å². The fourth-order valence-electron chi connectivity index (χ4n) is 4.71. The number of benzene rings is 3. The van der Waals surface area contributed by atoms with Crippen LogP contribution < -0.4 is 0 Å². The quantitative estimate of drug-likeness (QED) is 0.400. The Morgan fingerprint density at radius 1 is 0.759 bits per heavy atom. The van der Waals surface area contributed by atoms with E-state index in [0.29, 0.717) is 0 Å². The second-order valence-electron chi connectivity index (χ2n) is 7.67. The van der Waals surface area contributed by atoms with Gasteiger partial charge in [0.1, 0.15) is 0 Å². The van der Waals surface area contributed by atoms with Gasteiger partial charge in [0.25, 0.3) is 0 Å². The van der Waals surface area contributed by atoms with Crippen LogP contribution in [0.5, 0.6) is 0 Å². The molecule has 29 heavy (non-hydrogen) atoms. The van der Waals surface area contributed by atoms with Crippen LogP contribution in [0.3, 0.4) is 0 Å². The van der Waals surface area contributed by atoms with Gasteiger partial charge in [-0.25, -0.2) is 4.68 Å². The summed E-state index contributed by atoms with van der Waals surface area (Å²) in [7, 11) is 0. The predicted molar refractivity (Wildman–Crippen MR) is 117 cm³/mol. The summed E-state index contributed by atoms with van der Waals surface area (Å²) in [6, 6.07) is 30.0. The average Bonchev–Trinajstić information content (AvgIpc) is 3.35. The van der Waals surface area contributed by atoms with Crippen LogP contribution in [0.1, 0.15) is 16.8 Å². The summed E-state index contributed by atoms with van der Waals surface area (Å²) in [4.78, 5) is 0. The minimum Gasteiger partial charge on any atom is -0.336 e. The van der Waals surface area contributed by atoms with E-state index in [1.807, 2.05) is 0 Å². The fraction of sp³-hybridized carbons (Fsp3) is 0.115. The molecule has 0 bridgehead atoms. The lowest BCUT2D eigenvalue weighted by atomic mass is 9.93. The van der Waals surface area contributed by atoms with E-state index in [4.69, 9.17) is 5.10 Å². The van der Waals surface area contributed by atoms with Crippen molar-refractivity contribution in [2.75, 3.05) is 0 Å². The number of nitrogens with zero attached hydrogens (tertiary/aromatic N) is 3. The molecule has 3 nitrogen and oxygen atoms in total. The lowest BCUT2D eigenvalue weighted by Crippen LogP contribution is -2.11. The molecule has 0 saturated carbocycles. The van der Waals surface area contributed by atoms with Gasteiger partial charge in [-0.05, 0) is 42.2 Å². The van der Waals surface area contributed by atoms with Gasteiger partial charge in [-0.2, -0.15) is 5.10 Å². The summed E-state index contributed by atoms with van der Waals surface area (Å²) in [6.07, 6.45) is 4.11. The predicted octanol–water partition coefficient (Wildman–Crippen LogP) is 5.64. The zero-order chi connectivity index (χ0) is 19.2. The van der Waals surface area contributed by atoms with Gasteiger partial charge in [-0.1, -0.05) is 66.7 Å². The van der Waals surface area contributed by atoms with Crippen molar-refractivity contribution in [3.05, 3.63) is 108 Å². The van der Waals surface area contributed by atoms with Crippen LogP contribution in [-0.2, 0) is 19.4 Å². The highest BCUT2D eigenvalue weighted by atomic mass is 15.3. The van der Waals surface area contributed by atoms with Crippen molar-refractivity contribution >= 4 is 10.9 Å². The molecule has 3 aromatic carbocycles. The van der Waals surface area contributed by atoms with Crippen LogP contribution in [0, 0.1) is 0 Å². The Balaban J connectivity index is 1.59. The molecule has 0 aliphatic heterocycles. The van der Waals surface area contributed by atoms with Crippen LogP contribution in [-0.4, -0.2) is 14.3 Å². The molecule has 140 valence electrons. The van der Waals surface area contributed by atoms with Crippen LogP contribution in [0.4, 0.5) is 0 Å². The van der Waals surface area contributed by atoms with Gasteiger partial charge in [0.05, 0.1) is 23.3 Å². The molecular formula is C26H21N3. The van der Waals surface area contributed by atoms with E-state index in [0.717, 1.165) is 25.1 Å². The number of rotatable bonds is 3. The Hall–Kier alpha value is -3.59. The second kappa shape index (κ2) is 6.49. The van der Waals surface area contributed by atoms with Crippen molar-refractivity contribution in [2.24, 2.45) is 0 Å². The van der Waals surface area contributed by atoms with Crippen molar-refractivity contribution in [3.8, 4) is 16.9 Å². The van der Waals surface area contributed by atoms with Crippen molar-refractivity contribution in [2.45, 2.75) is 19.4 Å². The van der Waals surface area contributed by atoms with Crippen molar-refractivity contribution in [1.82, 2.24) is 14.3 Å². The molecule has 0 radical (unpaired) electrons. The molecule has 3 heteroatoms. The molecule has 5 aromatic rings. The molecule has 0 saturated heterocycles. The minimum absolute atomic E-state index is 0.868. The molecule has 0 amide bonds. The number of para-hydroxylation sites is 2. The van der Waals surface area contributed by atoms with Gasteiger partial charge in [-0.3, -0.25) is 0 Å². The highest BCUT2D eigenvalue weighted by Crippen LogP contribution is 2.41. The molecular weight excluding hydrogens is 354 g/mol. The molecule has 6 rings (SSSR count). The van der Waals surface area contributed by atoms with Gasteiger partial charge in [-0.15, -0.1) is 0 Å². The average molecular weight is 375 g/mol. The van der Waals surface area contributed by atoms with E-state index in [2.05, 4.69) is 100 Å². The maximum atomic E-state index is 4.79. The number of hydrogen-bond acceptors (Lipinski definition) is 1. The Morgan fingerprint density at radius 3 is 2.31 bits per heavy atom. The Bertz CT molecular complexity index is 1310. The second-order valence-corrected chi connectivity index (χ2v) is 7.67. The first-order chi connectivity index (χ1) is 14.4. The van der Waals surface area contributed by atoms with E-state index < -0.39 is 0 Å². The maximum absolute atomic E-state index is 4.79. The third-order valence-electron chi connectivity index (χ3n) is 6.00. The van der Waals surface area contributed by atoms with E-state index in [1.54, 1.807) is 0 Å². The normalized spacial score (nSPS) is 12.7. The number of aryl methyl sites for hydroxylation is 1. The summed E-state index contributed by atoms with van der Waals surface area (Å²) in [6.45, 7) is 0.868. The molecule has 0 unspecified atom stereocenters. The van der Waals surface area contributed by atoms with Crippen LogP contribution in [0.25, 0.3) is 27.8 Å². The van der Waals surface area contributed by atoms with Crippen LogP contribution in [0.15, 0.2) is 91.1 Å². The van der Waals surface area contributed by atoms with Crippen molar-refractivity contribution in [3.63, 3.8) is 0 Å². The zero-order valence-corrected chi connectivity index (χ0v) is 16.1. The molecule has 1 aliphatic rings. The summed E-state index contributed by atoms with van der Waals surface area (Å²) in [5, 5.41) is 6.16. The standard InChI is InChI=1S/C26H21N3/c1-3-9-19(10-4-1)18-28-24-14-8-7-13-21(24)22-15-16-25-23(26(22)28)17-27-29(25)20-11-5-2-6-12-20/h1-14,17H,15-16,18H2. The summed E-state index contributed by atoms with van der Waals surface area (Å²) >= 11 is 0. The third-order valence-corrected chi connectivity index (χ3v) is 6.00. The Kier molecular flexibility index (Phi) is 3.66. The summed E-state index contributed by atoms with van der Waals surface area (Å²) in [5.41, 5.74) is 9.11. The van der Waals surface area contributed by atoms with Gasteiger partial charge in [0, 0.05) is 23.0 Å². The fourth-order valence-corrected chi connectivity index (χ4v) is 4.71. The van der Waals surface area contributed by atoms with Crippen molar-refractivity contribution < 1.29 is 0 Å². The first kappa shape index (κ1) is 16.4. The summed E-state index contributed by atoms with van der Waals surface area (Å²) < 4.78 is 4.60. The van der Waals surface area contributed by atoms with Crippen LogP contribution in [0.2, 0.25) is 0 Å². The topological polar surface area (TPSA) is 22.8 Å². The Morgan fingerprint density at radius 2 is 1.48 bits per heavy atom. The van der Waals surface area contributed by atoms with Gasteiger partial charge in [0.2, 0.25) is 0 Å². The molecule has 2 heterocycles. The van der Waals surface area contributed by atoms with E-state index in [1.165, 1.54) is 39.0 Å². The number of fused-ring (bicyclic) bond motifs is 5. The lowest BCUT2D eigenvalue weighted by molar-refractivity contribution is 0.771. The first-order valence-corrected chi connectivity index (χ1v) is 10.2. The van der Waals surface area contributed by atoms with Crippen LogP contribution >= 0.6 is 0 Å². The molecule has 0 fully saturated rings. The number of aromatic nitrogens is 3. The SMILES string of the molecule is c1ccc(Cn2c3c(c4ccccc42)CCc2c-3cnn2-c2ccccc2)cc1. The van der Waals surface area contributed by atoms with E-state index in [-0.39, 0.29) is 0 Å². The molecule has 0 spiro atoms. The van der Waals surface area contributed by atoms with Gasteiger partial charge in [0.15, 0.2) is 0 Å². The molecule has 1 aliphatic carbocycles. The monoisotopic (exact) mass is 375 g/mol. The van der Waals surface area contributed by atoms with E-state index in [9.17, 15) is 0 Å². The van der Waals surface area contributed by atoms with E-state index >= 15 is 0 Å². The van der Waals surface area contributed by atoms with Gasteiger partial charge < -0.3 is 4.57 Å². The molecule has 0 N–H and O–H groups in total. The zero-order valence-electron chi connectivity index (χ0n) is 16.1. The highest BCUT2D eigenvalue weighted by Gasteiger charge is 2.27. The summed E-state index contributed by atoms with van der Waals surface area (Å²) in [5.74, 6) is 0. The van der Waals surface area contributed by atoms with Gasteiger partial charge >= 0.3 is 0 Å². The Labute approximate surface area is 169 Å².